The number of hydrogen-bond acceptors (Lipinski definition) is 2. The van der Waals surface area contributed by atoms with E-state index in [1.165, 1.54) is 6.07 Å². The fraction of sp³-hybridized carbons (Fsp3) is 0.0714. The lowest BCUT2D eigenvalue weighted by Gasteiger charge is -2.10. The van der Waals surface area contributed by atoms with Gasteiger partial charge in [-0.1, -0.05) is 6.07 Å². The number of halogens is 4. The molecular weight excluding hydrogens is 292 g/mol. The molecule has 3 nitrogen and oxygen atoms in total. The van der Waals surface area contributed by atoms with Gasteiger partial charge in [-0.2, -0.15) is 13.2 Å². The van der Waals surface area contributed by atoms with Crippen molar-refractivity contribution >= 4 is 5.97 Å². The van der Waals surface area contributed by atoms with E-state index in [-0.39, 0.29) is 11.1 Å². The second kappa shape index (κ2) is 5.08. The van der Waals surface area contributed by atoms with E-state index in [2.05, 4.69) is 0 Å². The van der Waals surface area contributed by atoms with Crippen molar-refractivity contribution < 1.29 is 32.6 Å². The first-order chi connectivity index (χ1) is 9.68. The molecule has 0 bridgehead atoms. The first-order valence-electron chi connectivity index (χ1n) is 5.63. The molecule has 0 fully saturated rings. The summed E-state index contributed by atoms with van der Waals surface area (Å²) in [6.07, 6.45) is -4.66. The summed E-state index contributed by atoms with van der Waals surface area (Å²) in [6, 6.07) is 5.25. The number of hydrogen-bond donors (Lipinski definition) is 2. The molecule has 0 unspecified atom stereocenters. The average Bonchev–Trinajstić information content (AvgIpc) is 2.36. The number of phenolic OH excluding ortho intramolecular Hbond substituents is 1. The summed E-state index contributed by atoms with van der Waals surface area (Å²) in [5.41, 5.74) is -1.72. The number of alkyl halides is 3. The third-order valence-corrected chi connectivity index (χ3v) is 2.78. The van der Waals surface area contributed by atoms with E-state index in [1.54, 1.807) is 0 Å². The molecule has 0 aliphatic rings. The molecule has 7 heteroatoms. The van der Waals surface area contributed by atoms with Crippen LogP contribution >= 0.6 is 0 Å². The van der Waals surface area contributed by atoms with E-state index >= 15 is 0 Å². The molecule has 0 radical (unpaired) electrons. The predicted octanol–water partition coefficient (Wildman–Crippen LogP) is 3.92. The average molecular weight is 300 g/mol. The van der Waals surface area contributed by atoms with Gasteiger partial charge in [0.15, 0.2) is 0 Å². The van der Waals surface area contributed by atoms with Gasteiger partial charge in [0.1, 0.15) is 11.6 Å². The Hall–Kier alpha value is -2.57. The Morgan fingerprint density at radius 2 is 1.67 bits per heavy atom. The monoisotopic (exact) mass is 300 g/mol. The van der Waals surface area contributed by atoms with Crippen molar-refractivity contribution in [3.05, 3.63) is 53.3 Å². The number of phenols is 1. The summed E-state index contributed by atoms with van der Waals surface area (Å²) in [5.74, 6) is -3.18. The van der Waals surface area contributed by atoms with Crippen molar-refractivity contribution in [1.29, 1.82) is 0 Å². The molecule has 0 spiro atoms. The van der Waals surface area contributed by atoms with Gasteiger partial charge in [0.2, 0.25) is 0 Å². The van der Waals surface area contributed by atoms with Crippen LogP contribution in [0.2, 0.25) is 0 Å². The maximum Gasteiger partial charge on any atom is 0.416 e. The molecule has 0 aliphatic heterocycles. The van der Waals surface area contributed by atoms with Gasteiger partial charge in [0, 0.05) is 0 Å². The van der Waals surface area contributed by atoms with Crippen molar-refractivity contribution in [3.63, 3.8) is 0 Å². The van der Waals surface area contributed by atoms with Crippen LogP contribution < -0.4 is 0 Å². The maximum absolute atomic E-state index is 13.6. The minimum atomic E-state index is -4.66. The molecule has 2 aromatic rings. The molecule has 0 amide bonds. The van der Waals surface area contributed by atoms with Gasteiger partial charge in [0.25, 0.3) is 0 Å². The Kier molecular flexibility index (Phi) is 3.59. The first-order valence-corrected chi connectivity index (χ1v) is 5.63. The highest BCUT2D eigenvalue weighted by Crippen LogP contribution is 2.35. The third-order valence-electron chi connectivity index (χ3n) is 2.78. The van der Waals surface area contributed by atoms with Crippen LogP contribution in [0.1, 0.15) is 15.9 Å². The Morgan fingerprint density at radius 3 is 2.19 bits per heavy atom. The van der Waals surface area contributed by atoms with Gasteiger partial charge in [-0.3, -0.25) is 0 Å². The van der Waals surface area contributed by atoms with Crippen LogP contribution in [0.15, 0.2) is 36.4 Å². The van der Waals surface area contributed by atoms with Crippen molar-refractivity contribution in [2.24, 2.45) is 0 Å². The van der Waals surface area contributed by atoms with Gasteiger partial charge in [-0.25, -0.2) is 9.18 Å². The molecular formula is C14H8F4O3. The molecule has 2 rings (SSSR count). The van der Waals surface area contributed by atoms with E-state index in [0.717, 1.165) is 24.3 Å². The highest BCUT2D eigenvalue weighted by atomic mass is 19.4. The van der Waals surface area contributed by atoms with E-state index in [1.807, 2.05) is 0 Å². The van der Waals surface area contributed by atoms with Gasteiger partial charge in [0.05, 0.1) is 11.1 Å². The van der Waals surface area contributed by atoms with Gasteiger partial charge in [-0.15, -0.1) is 0 Å². The summed E-state index contributed by atoms with van der Waals surface area (Å²) in [6.45, 7) is 0. The topological polar surface area (TPSA) is 57.5 Å². The van der Waals surface area contributed by atoms with Crippen molar-refractivity contribution in [2.45, 2.75) is 6.18 Å². The molecule has 110 valence electrons. The van der Waals surface area contributed by atoms with Crippen LogP contribution in [0, 0.1) is 5.82 Å². The zero-order chi connectivity index (χ0) is 15.8. The Labute approximate surface area is 116 Å². The highest BCUT2D eigenvalue weighted by molar-refractivity contribution is 5.88. The van der Waals surface area contributed by atoms with Crippen molar-refractivity contribution in [2.75, 3.05) is 0 Å². The van der Waals surface area contributed by atoms with E-state index in [9.17, 15) is 27.5 Å². The molecule has 0 heterocycles. The summed E-state index contributed by atoms with van der Waals surface area (Å²) < 4.78 is 51.5. The Morgan fingerprint density at radius 1 is 1.00 bits per heavy atom. The number of carboxylic acids is 1. The lowest BCUT2D eigenvalue weighted by Crippen LogP contribution is -2.05. The molecule has 2 aromatic carbocycles. The zero-order valence-electron chi connectivity index (χ0n) is 10.3. The number of rotatable bonds is 2. The summed E-state index contributed by atoms with van der Waals surface area (Å²) >= 11 is 0. The van der Waals surface area contributed by atoms with Crippen LogP contribution in [0.25, 0.3) is 11.1 Å². The van der Waals surface area contributed by atoms with E-state index < -0.39 is 34.8 Å². The largest absolute Gasteiger partial charge is 0.508 e. The van der Waals surface area contributed by atoms with Gasteiger partial charge >= 0.3 is 12.1 Å². The lowest BCUT2D eigenvalue weighted by atomic mass is 10.0. The SMILES string of the molecule is O=C(O)c1ccc(-c2cc(O)cc(C(F)(F)F)c2)cc1F. The van der Waals surface area contributed by atoms with E-state index in [4.69, 9.17) is 5.11 Å². The highest BCUT2D eigenvalue weighted by Gasteiger charge is 2.31. The molecule has 2 N–H and O–H groups in total. The normalized spacial score (nSPS) is 11.4. The number of carbonyl (C=O) groups is 1. The second-order valence-corrected chi connectivity index (χ2v) is 4.27. The fourth-order valence-electron chi connectivity index (χ4n) is 1.81. The number of benzene rings is 2. The first kappa shape index (κ1) is 14.8. The summed E-state index contributed by atoms with van der Waals surface area (Å²) in [4.78, 5) is 10.7. The molecule has 21 heavy (non-hydrogen) atoms. The minimum absolute atomic E-state index is 0.0268. The molecule has 0 atom stereocenters. The van der Waals surface area contributed by atoms with E-state index in [0.29, 0.717) is 6.07 Å². The minimum Gasteiger partial charge on any atom is -0.508 e. The van der Waals surface area contributed by atoms with Crippen molar-refractivity contribution in [3.8, 4) is 16.9 Å². The third kappa shape index (κ3) is 3.13. The molecule has 0 saturated carbocycles. The zero-order valence-corrected chi connectivity index (χ0v) is 10.3. The number of carboxylic acid groups (broad SMARTS) is 1. The van der Waals surface area contributed by atoms with Crippen LogP contribution in [-0.2, 0) is 6.18 Å². The van der Waals surface area contributed by atoms with Crippen LogP contribution in [0.3, 0.4) is 0 Å². The number of aromatic hydroxyl groups is 1. The summed E-state index contributed by atoms with van der Waals surface area (Å²) in [5, 5.41) is 18.0. The molecule has 0 aromatic heterocycles. The van der Waals surface area contributed by atoms with Gasteiger partial charge in [-0.05, 0) is 41.5 Å². The number of aromatic carboxylic acids is 1. The fourth-order valence-corrected chi connectivity index (χ4v) is 1.81. The van der Waals surface area contributed by atoms with Crippen LogP contribution in [0.4, 0.5) is 17.6 Å². The smallest absolute Gasteiger partial charge is 0.416 e. The molecule has 0 aliphatic carbocycles. The maximum atomic E-state index is 13.6. The lowest BCUT2D eigenvalue weighted by molar-refractivity contribution is -0.137. The van der Waals surface area contributed by atoms with Gasteiger partial charge < -0.3 is 10.2 Å². The second-order valence-electron chi connectivity index (χ2n) is 4.27. The predicted molar refractivity (Wildman–Crippen MR) is 65.5 cm³/mol. The molecule has 0 saturated heterocycles. The van der Waals surface area contributed by atoms with Crippen molar-refractivity contribution in [1.82, 2.24) is 0 Å². The Balaban J connectivity index is 2.54. The summed E-state index contributed by atoms with van der Waals surface area (Å²) in [7, 11) is 0. The standard InChI is InChI=1S/C14H8F4O3/c15-12-5-7(1-2-11(12)13(20)21)8-3-9(14(16,17)18)6-10(19)4-8/h1-6,19H,(H,20,21). The van der Waals surface area contributed by atoms with Crippen LogP contribution in [-0.4, -0.2) is 16.2 Å². The van der Waals surface area contributed by atoms with Crippen LogP contribution in [0.5, 0.6) is 5.75 Å². The Bertz CT molecular complexity index is 708. The quantitative estimate of drug-likeness (QED) is 0.827.